The predicted octanol–water partition coefficient (Wildman–Crippen LogP) is 3.94. The Morgan fingerprint density at radius 2 is 1.82 bits per heavy atom. The minimum Gasteiger partial charge on any atom is -0.488 e. The van der Waals surface area contributed by atoms with Gasteiger partial charge in [0.1, 0.15) is 0 Å². The van der Waals surface area contributed by atoms with Crippen LogP contribution in [0.25, 0.3) is 0 Å². The molecule has 0 spiro atoms. The lowest BCUT2D eigenvalue weighted by Crippen LogP contribution is -2.52. The number of carbonyl (C=O) groups excluding carboxylic acids is 1. The van der Waals surface area contributed by atoms with Crippen molar-refractivity contribution in [3.63, 3.8) is 0 Å². The molecule has 1 aliphatic rings. The molecule has 8 heteroatoms. The lowest BCUT2D eigenvalue weighted by molar-refractivity contribution is -0.0299. The summed E-state index contributed by atoms with van der Waals surface area (Å²) in [5.74, 6) is 0.0593. The maximum Gasteiger partial charge on any atom is 0.507 e. The first kappa shape index (κ1) is 23.1. The Bertz CT molecular complexity index is 1180. The fraction of sp³-hybridized carbons (Fsp3) is 0.269. The number of fused-ring (bicyclic) bond motifs is 1. The number of carbonyl (C=O) groups is 2. The van der Waals surface area contributed by atoms with E-state index in [0.717, 1.165) is 16.7 Å². The van der Waals surface area contributed by atoms with Crippen LogP contribution in [0, 0.1) is 6.92 Å². The number of aryl methyl sites for hydroxylation is 1. The molecule has 3 aromatic rings. The highest BCUT2D eigenvalue weighted by molar-refractivity contribution is 5.95. The molecule has 1 amide bonds. The van der Waals surface area contributed by atoms with Crippen molar-refractivity contribution in [3.05, 3.63) is 88.6 Å². The number of hydrogen-bond acceptors (Lipinski definition) is 6. The summed E-state index contributed by atoms with van der Waals surface area (Å²) in [6.07, 6.45) is 1.06. The number of aromatic nitrogens is 1. The van der Waals surface area contributed by atoms with Gasteiger partial charge in [-0.3, -0.25) is 4.79 Å². The summed E-state index contributed by atoms with van der Waals surface area (Å²) in [5, 5.41) is 12.1. The summed E-state index contributed by atoms with van der Waals surface area (Å²) in [4.78, 5) is 28.7. The molecule has 176 valence electrons. The first-order valence-electron chi connectivity index (χ1n) is 10.9. The second kappa shape index (κ2) is 9.82. The van der Waals surface area contributed by atoms with Gasteiger partial charge in [0.15, 0.2) is 11.5 Å². The van der Waals surface area contributed by atoms with Crippen LogP contribution in [0.3, 0.4) is 0 Å². The molecule has 1 aliphatic carbocycles. The molecule has 34 heavy (non-hydrogen) atoms. The highest BCUT2D eigenvalue weighted by atomic mass is 16.7. The smallest absolute Gasteiger partial charge is 0.488 e. The van der Waals surface area contributed by atoms with Gasteiger partial charge in [-0.2, -0.15) is 0 Å². The van der Waals surface area contributed by atoms with Gasteiger partial charge in [-0.15, -0.1) is 0 Å². The molecule has 2 N–H and O–H groups in total. The number of ether oxygens (including phenoxy) is 3. The minimum atomic E-state index is -1.46. The van der Waals surface area contributed by atoms with Crippen molar-refractivity contribution in [1.29, 1.82) is 0 Å². The van der Waals surface area contributed by atoms with Crippen LogP contribution in [0.2, 0.25) is 0 Å². The second-order valence-corrected chi connectivity index (χ2v) is 8.26. The van der Waals surface area contributed by atoms with Gasteiger partial charge in [0.25, 0.3) is 11.8 Å². The van der Waals surface area contributed by atoms with Gasteiger partial charge >= 0.3 is 6.16 Å². The van der Waals surface area contributed by atoms with Crippen LogP contribution in [-0.2, 0) is 24.0 Å². The van der Waals surface area contributed by atoms with E-state index in [4.69, 9.17) is 14.2 Å². The normalized spacial score (nSPS) is 13.6. The van der Waals surface area contributed by atoms with Gasteiger partial charge < -0.3 is 24.6 Å². The largest absolute Gasteiger partial charge is 0.507 e. The monoisotopic (exact) mass is 462 g/mol. The SMILES string of the molecule is COc1ncc(C(=O)NC2(OC(=O)O)Cc3ccccc3C2)cc1OCCc1cccc(C)c1. The lowest BCUT2D eigenvalue weighted by atomic mass is 10.1. The number of nitrogens with one attached hydrogen (secondary N) is 1. The van der Waals surface area contributed by atoms with Crippen molar-refractivity contribution in [3.8, 4) is 11.6 Å². The third-order valence-electron chi connectivity index (χ3n) is 5.70. The molecule has 1 aromatic heterocycles. The molecule has 0 fully saturated rings. The molecule has 1 heterocycles. The van der Waals surface area contributed by atoms with Crippen molar-refractivity contribution < 1.29 is 28.9 Å². The third-order valence-corrected chi connectivity index (χ3v) is 5.70. The zero-order chi connectivity index (χ0) is 24.1. The summed E-state index contributed by atoms with van der Waals surface area (Å²) in [6.45, 7) is 2.40. The van der Waals surface area contributed by atoms with E-state index in [0.29, 0.717) is 18.8 Å². The van der Waals surface area contributed by atoms with Crippen LogP contribution in [-0.4, -0.2) is 41.6 Å². The third kappa shape index (κ3) is 5.28. The Morgan fingerprint density at radius 1 is 1.09 bits per heavy atom. The molecule has 4 rings (SSSR count). The van der Waals surface area contributed by atoms with Crippen LogP contribution in [0.5, 0.6) is 11.6 Å². The average molecular weight is 463 g/mol. The molecule has 0 atom stereocenters. The van der Waals surface area contributed by atoms with Gasteiger partial charge in [0.05, 0.1) is 19.3 Å². The van der Waals surface area contributed by atoms with Crippen LogP contribution in [0.1, 0.15) is 32.6 Å². The van der Waals surface area contributed by atoms with E-state index in [1.165, 1.54) is 24.9 Å². The first-order valence-corrected chi connectivity index (χ1v) is 10.9. The number of nitrogens with zero attached hydrogens (tertiary/aromatic N) is 1. The number of methoxy groups -OCH3 is 1. The summed E-state index contributed by atoms with van der Waals surface area (Å²) in [7, 11) is 1.47. The molecule has 0 saturated heterocycles. The van der Waals surface area contributed by atoms with Gasteiger partial charge in [-0.1, -0.05) is 54.1 Å². The highest BCUT2D eigenvalue weighted by Crippen LogP contribution is 2.32. The van der Waals surface area contributed by atoms with Gasteiger partial charge in [-0.25, -0.2) is 9.78 Å². The molecule has 0 radical (unpaired) electrons. The minimum absolute atomic E-state index is 0.204. The van der Waals surface area contributed by atoms with Crippen LogP contribution in [0.15, 0.2) is 60.8 Å². The molecule has 0 unspecified atom stereocenters. The standard InChI is InChI=1S/C26H26N2O6/c1-17-6-5-7-18(12-17)10-11-33-22-13-21(16-27-24(22)32-2)23(29)28-26(34-25(30)31)14-19-8-3-4-9-20(19)15-26/h3-9,12-13,16H,10-11,14-15H2,1-2H3,(H,28,29)(H,30,31). The lowest BCUT2D eigenvalue weighted by Gasteiger charge is -2.28. The Kier molecular flexibility index (Phi) is 6.67. The van der Waals surface area contributed by atoms with Crippen molar-refractivity contribution in [2.45, 2.75) is 31.9 Å². The predicted molar refractivity (Wildman–Crippen MR) is 124 cm³/mol. The van der Waals surface area contributed by atoms with E-state index < -0.39 is 17.8 Å². The quantitative estimate of drug-likeness (QED) is 0.386. The fourth-order valence-electron chi connectivity index (χ4n) is 4.17. The van der Waals surface area contributed by atoms with Gasteiger partial charge in [0.2, 0.25) is 0 Å². The molecule has 0 saturated carbocycles. The van der Waals surface area contributed by atoms with Crippen LogP contribution >= 0.6 is 0 Å². The topological polar surface area (TPSA) is 107 Å². The zero-order valence-corrected chi connectivity index (χ0v) is 19.0. The van der Waals surface area contributed by atoms with Gasteiger partial charge in [-0.05, 0) is 23.6 Å². The number of carboxylic acid groups (broad SMARTS) is 1. The second-order valence-electron chi connectivity index (χ2n) is 8.26. The number of pyridine rings is 1. The Balaban J connectivity index is 1.49. The van der Waals surface area contributed by atoms with E-state index >= 15 is 0 Å². The molecule has 8 nitrogen and oxygen atoms in total. The average Bonchev–Trinajstić information content (AvgIpc) is 3.15. The van der Waals surface area contributed by atoms with E-state index in [2.05, 4.69) is 16.4 Å². The molecular weight excluding hydrogens is 436 g/mol. The number of amides is 1. The summed E-state index contributed by atoms with van der Waals surface area (Å²) in [5.41, 5.74) is 2.97. The van der Waals surface area contributed by atoms with Crippen molar-refractivity contribution in [2.75, 3.05) is 13.7 Å². The number of benzene rings is 2. The molecule has 0 aliphatic heterocycles. The Morgan fingerprint density at radius 3 is 2.47 bits per heavy atom. The van der Waals surface area contributed by atoms with E-state index in [1.807, 2.05) is 49.4 Å². The van der Waals surface area contributed by atoms with Crippen molar-refractivity contribution in [1.82, 2.24) is 10.3 Å². The maximum atomic E-state index is 13.1. The summed E-state index contributed by atoms with van der Waals surface area (Å²) in [6, 6.07) is 17.2. The summed E-state index contributed by atoms with van der Waals surface area (Å²) < 4.78 is 16.3. The molecule has 0 bridgehead atoms. The summed E-state index contributed by atoms with van der Waals surface area (Å²) >= 11 is 0. The van der Waals surface area contributed by atoms with E-state index in [1.54, 1.807) is 0 Å². The van der Waals surface area contributed by atoms with Gasteiger partial charge in [0, 0.05) is 31.5 Å². The molecular formula is C26H26N2O6. The van der Waals surface area contributed by atoms with Crippen molar-refractivity contribution >= 4 is 12.1 Å². The first-order chi connectivity index (χ1) is 16.4. The highest BCUT2D eigenvalue weighted by Gasteiger charge is 2.42. The van der Waals surface area contributed by atoms with E-state index in [9.17, 15) is 14.7 Å². The Hall–Kier alpha value is -4.07. The zero-order valence-electron chi connectivity index (χ0n) is 19.0. The number of rotatable bonds is 8. The van der Waals surface area contributed by atoms with Crippen LogP contribution < -0.4 is 14.8 Å². The Labute approximate surface area is 197 Å². The number of hydrogen-bond donors (Lipinski definition) is 2. The fourth-order valence-corrected chi connectivity index (χ4v) is 4.17. The van der Waals surface area contributed by atoms with Crippen LogP contribution in [0.4, 0.5) is 4.79 Å². The van der Waals surface area contributed by atoms with Crippen molar-refractivity contribution in [2.24, 2.45) is 0 Å². The van der Waals surface area contributed by atoms with E-state index in [-0.39, 0.29) is 24.3 Å². The molecule has 2 aromatic carbocycles. The maximum absolute atomic E-state index is 13.1.